The average molecular weight is 324 g/mol. The number of piperidine rings is 1. The van der Waals surface area contributed by atoms with Crippen molar-refractivity contribution < 1.29 is 14.3 Å². The van der Waals surface area contributed by atoms with Gasteiger partial charge in [-0.2, -0.15) is 0 Å². The van der Waals surface area contributed by atoms with E-state index in [0.717, 1.165) is 32.4 Å². The molecule has 1 atom stereocenters. The van der Waals surface area contributed by atoms with Crippen LogP contribution in [-0.2, 0) is 14.3 Å². The van der Waals surface area contributed by atoms with Gasteiger partial charge in [-0.05, 0) is 45.1 Å². The van der Waals surface area contributed by atoms with Crippen LogP contribution in [0.4, 0.5) is 0 Å². The lowest BCUT2D eigenvalue weighted by Crippen LogP contribution is -2.62. The second-order valence-corrected chi connectivity index (χ2v) is 7.88. The Bertz CT molecular complexity index is 440. The molecule has 5 heteroatoms. The molecular weight excluding hydrogens is 292 g/mol. The molecular formula is C18H32N2O3. The Hall–Kier alpha value is -1.10. The zero-order valence-corrected chi connectivity index (χ0v) is 15.1. The highest BCUT2D eigenvalue weighted by molar-refractivity contribution is 5.89. The van der Waals surface area contributed by atoms with E-state index in [4.69, 9.17) is 4.74 Å². The van der Waals surface area contributed by atoms with E-state index in [1.165, 1.54) is 6.42 Å². The summed E-state index contributed by atoms with van der Waals surface area (Å²) in [5.41, 5.74) is -0.837. The fourth-order valence-corrected chi connectivity index (χ4v) is 3.95. The van der Waals surface area contributed by atoms with E-state index in [0.29, 0.717) is 19.4 Å². The quantitative estimate of drug-likeness (QED) is 0.807. The Morgan fingerprint density at radius 1 is 1.17 bits per heavy atom. The van der Waals surface area contributed by atoms with Crippen LogP contribution in [0, 0.1) is 11.3 Å². The second kappa shape index (κ2) is 7.20. The summed E-state index contributed by atoms with van der Waals surface area (Å²) in [5.74, 6) is -0.246. The fourth-order valence-electron chi connectivity index (χ4n) is 3.95. The zero-order chi connectivity index (χ0) is 17.1. The van der Waals surface area contributed by atoms with Gasteiger partial charge in [0.25, 0.3) is 0 Å². The molecule has 132 valence electrons. The Labute approximate surface area is 140 Å². The second-order valence-electron chi connectivity index (χ2n) is 7.88. The van der Waals surface area contributed by atoms with Crippen molar-refractivity contribution in [1.82, 2.24) is 10.2 Å². The molecule has 0 radical (unpaired) electrons. The third-order valence-corrected chi connectivity index (χ3v) is 5.69. The lowest BCUT2D eigenvalue weighted by molar-refractivity contribution is -0.157. The van der Waals surface area contributed by atoms with E-state index in [-0.39, 0.29) is 23.2 Å². The lowest BCUT2D eigenvalue weighted by atomic mass is 9.68. The van der Waals surface area contributed by atoms with E-state index < -0.39 is 5.54 Å². The van der Waals surface area contributed by atoms with Crippen LogP contribution in [0.1, 0.15) is 59.3 Å². The molecule has 2 aliphatic rings. The molecule has 5 nitrogen and oxygen atoms in total. The summed E-state index contributed by atoms with van der Waals surface area (Å²) in [6.07, 6.45) is 5.52. The number of nitrogens with zero attached hydrogens (tertiary/aromatic N) is 1. The van der Waals surface area contributed by atoms with E-state index in [2.05, 4.69) is 24.1 Å². The molecule has 1 aliphatic heterocycles. The Kier molecular flexibility index (Phi) is 5.71. The minimum Gasteiger partial charge on any atom is -0.464 e. The van der Waals surface area contributed by atoms with Crippen molar-refractivity contribution in [3.63, 3.8) is 0 Å². The van der Waals surface area contributed by atoms with Crippen molar-refractivity contribution in [1.29, 1.82) is 0 Å². The molecule has 0 spiro atoms. The minimum atomic E-state index is -0.840. The van der Waals surface area contributed by atoms with Gasteiger partial charge in [-0.15, -0.1) is 0 Å². The van der Waals surface area contributed by atoms with Gasteiger partial charge in [-0.25, -0.2) is 4.79 Å². The predicted molar refractivity (Wildman–Crippen MR) is 90.0 cm³/mol. The first-order chi connectivity index (χ1) is 10.8. The number of ether oxygens (including phenoxy) is 1. The van der Waals surface area contributed by atoms with Crippen LogP contribution in [0.25, 0.3) is 0 Å². The van der Waals surface area contributed by atoms with Crippen molar-refractivity contribution >= 4 is 11.9 Å². The lowest BCUT2D eigenvalue weighted by Gasteiger charge is -2.43. The highest BCUT2D eigenvalue weighted by Crippen LogP contribution is 2.41. The molecule has 23 heavy (non-hydrogen) atoms. The number of hydrogen-bond donors (Lipinski definition) is 1. The molecule has 0 unspecified atom stereocenters. The van der Waals surface area contributed by atoms with Crippen molar-refractivity contribution in [3.8, 4) is 0 Å². The third-order valence-electron chi connectivity index (χ3n) is 5.69. The summed E-state index contributed by atoms with van der Waals surface area (Å²) in [7, 11) is 2.04. The van der Waals surface area contributed by atoms with Gasteiger partial charge in [0, 0.05) is 19.0 Å². The maximum absolute atomic E-state index is 12.9. The van der Waals surface area contributed by atoms with E-state index in [1.54, 1.807) is 0 Å². The molecule has 0 aromatic carbocycles. The van der Waals surface area contributed by atoms with Gasteiger partial charge >= 0.3 is 5.97 Å². The highest BCUT2D eigenvalue weighted by Gasteiger charge is 2.46. The summed E-state index contributed by atoms with van der Waals surface area (Å²) >= 11 is 0. The molecule has 1 heterocycles. The van der Waals surface area contributed by atoms with Crippen LogP contribution in [0.15, 0.2) is 0 Å². The zero-order valence-electron chi connectivity index (χ0n) is 15.1. The number of carbonyl (C=O) groups is 2. The maximum Gasteiger partial charge on any atom is 0.331 e. The summed E-state index contributed by atoms with van der Waals surface area (Å²) in [6.45, 7) is 8.10. The Morgan fingerprint density at radius 3 is 2.39 bits per heavy atom. The summed E-state index contributed by atoms with van der Waals surface area (Å²) in [4.78, 5) is 27.7. The maximum atomic E-state index is 12.9. The standard InChI is InChI=1S/C18H32N2O3/c1-5-23-16(22)18(10-12-20(4)13-11-18)19-15(21)14-8-6-7-9-17(14,2)3/h14H,5-13H2,1-4H3,(H,19,21)/t14-/m1/s1. The molecule has 0 aromatic heterocycles. The Morgan fingerprint density at radius 2 is 1.83 bits per heavy atom. The number of esters is 1. The van der Waals surface area contributed by atoms with Gasteiger partial charge in [-0.1, -0.05) is 26.7 Å². The first-order valence-electron chi connectivity index (χ1n) is 8.98. The van der Waals surface area contributed by atoms with Crippen LogP contribution in [0.2, 0.25) is 0 Å². The number of nitrogens with one attached hydrogen (secondary N) is 1. The topological polar surface area (TPSA) is 58.6 Å². The van der Waals surface area contributed by atoms with Crippen LogP contribution < -0.4 is 5.32 Å². The van der Waals surface area contributed by atoms with Gasteiger partial charge < -0.3 is 15.0 Å². The van der Waals surface area contributed by atoms with E-state index >= 15 is 0 Å². The molecule has 0 bridgehead atoms. The van der Waals surface area contributed by atoms with Crippen molar-refractivity contribution in [2.75, 3.05) is 26.7 Å². The predicted octanol–water partition coefficient (Wildman–Crippen LogP) is 2.35. The molecule has 1 aliphatic carbocycles. The van der Waals surface area contributed by atoms with Gasteiger partial charge in [-0.3, -0.25) is 4.79 Å². The number of carbonyl (C=O) groups excluding carboxylic acids is 2. The van der Waals surface area contributed by atoms with E-state index in [9.17, 15) is 9.59 Å². The molecule has 1 saturated carbocycles. The van der Waals surface area contributed by atoms with Gasteiger partial charge in [0.15, 0.2) is 0 Å². The van der Waals surface area contributed by atoms with E-state index in [1.807, 2.05) is 14.0 Å². The van der Waals surface area contributed by atoms with Crippen molar-refractivity contribution in [3.05, 3.63) is 0 Å². The normalized spacial score (nSPS) is 27.2. The number of rotatable bonds is 4. The minimum absolute atomic E-state index is 0.00361. The first-order valence-corrected chi connectivity index (χ1v) is 8.98. The third kappa shape index (κ3) is 4.06. The fraction of sp³-hybridized carbons (Fsp3) is 0.889. The molecule has 2 fully saturated rings. The number of amides is 1. The number of hydrogen-bond acceptors (Lipinski definition) is 4. The first kappa shape index (κ1) is 18.2. The Balaban J connectivity index is 2.13. The summed E-state index contributed by atoms with van der Waals surface area (Å²) in [5, 5.41) is 3.12. The highest BCUT2D eigenvalue weighted by atomic mass is 16.5. The molecule has 2 rings (SSSR count). The van der Waals surface area contributed by atoms with Crippen LogP contribution >= 0.6 is 0 Å². The molecule has 0 aromatic rings. The molecule has 1 saturated heterocycles. The summed E-state index contributed by atoms with van der Waals surface area (Å²) in [6, 6.07) is 0. The molecule has 1 amide bonds. The monoisotopic (exact) mass is 324 g/mol. The van der Waals surface area contributed by atoms with Crippen LogP contribution in [-0.4, -0.2) is 49.1 Å². The smallest absolute Gasteiger partial charge is 0.331 e. The SMILES string of the molecule is CCOC(=O)C1(NC(=O)[C@H]2CCCCC2(C)C)CCN(C)CC1. The van der Waals surface area contributed by atoms with Gasteiger partial charge in [0.1, 0.15) is 5.54 Å². The van der Waals surface area contributed by atoms with Gasteiger partial charge in [0.2, 0.25) is 5.91 Å². The van der Waals surface area contributed by atoms with Crippen LogP contribution in [0.3, 0.4) is 0 Å². The average Bonchev–Trinajstić information content (AvgIpc) is 2.49. The van der Waals surface area contributed by atoms with Gasteiger partial charge in [0.05, 0.1) is 6.61 Å². The largest absolute Gasteiger partial charge is 0.464 e. The van der Waals surface area contributed by atoms with Crippen LogP contribution in [0.5, 0.6) is 0 Å². The van der Waals surface area contributed by atoms with Crippen molar-refractivity contribution in [2.45, 2.75) is 64.8 Å². The molecule has 1 N–H and O–H groups in total. The number of likely N-dealkylation sites (tertiary alicyclic amines) is 1. The van der Waals surface area contributed by atoms with Crippen molar-refractivity contribution in [2.24, 2.45) is 11.3 Å². The summed E-state index contributed by atoms with van der Waals surface area (Å²) < 4.78 is 5.29.